The molecule has 5 fully saturated rings. The molecule has 0 N–H and O–H groups in total. The van der Waals surface area contributed by atoms with Gasteiger partial charge in [-0.3, -0.25) is 4.90 Å². The number of fused-ring (bicyclic) bond motifs is 2. The lowest BCUT2D eigenvalue weighted by Gasteiger charge is -2.74. The number of nitrogens with zero attached hydrogens (tertiary/aromatic N) is 1. The van der Waals surface area contributed by atoms with E-state index in [9.17, 15) is 0 Å². The number of benzene rings is 2. The average Bonchev–Trinajstić information content (AvgIpc) is 3.92. The number of hydrogen-bond acceptors (Lipinski definition) is 10. The monoisotopic (exact) mass is 721 g/mol. The van der Waals surface area contributed by atoms with Crippen LogP contribution in [0.5, 0.6) is 11.5 Å². The molecule has 2 aliphatic heterocycles. The van der Waals surface area contributed by atoms with Crippen molar-refractivity contribution in [2.45, 2.75) is 74.7 Å². The maximum atomic E-state index is 7.32. The first-order chi connectivity index (χ1) is 25.6. The van der Waals surface area contributed by atoms with Crippen LogP contribution in [-0.4, -0.2) is 123 Å². The molecule has 2 spiro atoms. The molecule has 2 heterocycles. The molecular formula is C42H59NO9. The molecule has 9 rings (SSSR count). The molecule has 2 aromatic carbocycles. The van der Waals surface area contributed by atoms with E-state index in [-0.39, 0.29) is 22.9 Å². The van der Waals surface area contributed by atoms with E-state index in [4.69, 9.17) is 42.6 Å². The van der Waals surface area contributed by atoms with Crippen molar-refractivity contribution in [1.82, 2.24) is 4.90 Å². The zero-order valence-electron chi connectivity index (χ0n) is 31.3. The SMILES string of the molecule is COCCOCCOCCOCCOCCOC12CCC3(C[C@@H]1COCc1ccccc1)[C@H]1Cc4ccc(OC)c5c4C3(CCN1CC1CC1)[C@H]2O5. The van der Waals surface area contributed by atoms with Crippen molar-refractivity contribution < 1.29 is 42.6 Å². The molecule has 2 aromatic rings. The lowest BCUT2D eigenvalue weighted by atomic mass is 9.35. The molecule has 4 bridgehead atoms. The van der Waals surface area contributed by atoms with Crippen molar-refractivity contribution in [3.05, 3.63) is 59.2 Å². The van der Waals surface area contributed by atoms with E-state index >= 15 is 0 Å². The molecule has 4 saturated carbocycles. The van der Waals surface area contributed by atoms with Crippen LogP contribution in [0.3, 0.4) is 0 Å². The minimum absolute atomic E-state index is 0.0857. The third-order valence-corrected chi connectivity index (χ3v) is 13.2. The second kappa shape index (κ2) is 16.2. The summed E-state index contributed by atoms with van der Waals surface area (Å²) < 4.78 is 54.9. The van der Waals surface area contributed by atoms with Crippen molar-refractivity contribution in [2.75, 3.05) is 100.0 Å². The Labute approximate surface area is 309 Å². The number of hydrogen-bond donors (Lipinski definition) is 0. The number of piperidine rings is 1. The van der Waals surface area contributed by atoms with E-state index in [0.717, 1.165) is 56.1 Å². The molecule has 0 amide bonds. The van der Waals surface area contributed by atoms with Crippen LogP contribution in [0.1, 0.15) is 55.2 Å². The third kappa shape index (κ3) is 6.70. The van der Waals surface area contributed by atoms with Crippen molar-refractivity contribution in [3.63, 3.8) is 0 Å². The summed E-state index contributed by atoms with van der Waals surface area (Å²) in [4.78, 5) is 2.90. The number of likely N-dealkylation sites (tertiary alicyclic amines) is 1. The zero-order chi connectivity index (χ0) is 35.4. The molecule has 1 saturated heterocycles. The van der Waals surface area contributed by atoms with Gasteiger partial charge in [-0.05, 0) is 74.6 Å². The van der Waals surface area contributed by atoms with Crippen LogP contribution in [-0.2, 0) is 51.6 Å². The molecule has 7 aliphatic rings. The van der Waals surface area contributed by atoms with Gasteiger partial charge in [0.05, 0.1) is 86.4 Å². The topological polar surface area (TPSA) is 86.3 Å². The first-order valence-electron chi connectivity index (χ1n) is 19.8. The van der Waals surface area contributed by atoms with Gasteiger partial charge in [0.15, 0.2) is 11.5 Å². The third-order valence-electron chi connectivity index (χ3n) is 13.2. The molecule has 10 nitrogen and oxygen atoms in total. The predicted octanol–water partition coefficient (Wildman–Crippen LogP) is 5.22. The minimum atomic E-state index is -0.481. The Balaban J connectivity index is 0.954. The Hall–Kier alpha value is -2.28. The zero-order valence-corrected chi connectivity index (χ0v) is 31.3. The van der Waals surface area contributed by atoms with E-state index in [1.165, 1.54) is 36.1 Å². The Kier molecular flexibility index (Phi) is 11.4. The fraction of sp³-hybridized carbons (Fsp3) is 0.714. The standard InChI is InChI=1S/C42H59NO9/c1-44-16-17-46-18-19-47-20-21-48-22-23-49-24-25-51-42-13-12-40(27-34(42)30-50-29-32-6-4-3-5-7-32)36-26-33-10-11-35(45-2)38-37(33)41(40,39(42)52-38)14-15-43(36)28-31-8-9-31/h3-7,10-11,31,34,36,39H,8-9,12-30H2,1-2H3/t34-,36-,39-,40?,41?,42?/m1/s1. The fourth-order valence-electron chi connectivity index (χ4n) is 10.9. The highest BCUT2D eigenvalue weighted by molar-refractivity contribution is 5.63. The van der Waals surface area contributed by atoms with Crippen molar-refractivity contribution in [2.24, 2.45) is 17.3 Å². The summed E-state index contributed by atoms with van der Waals surface area (Å²) in [5.74, 6) is 2.90. The van der Waals surface area contributed by atoms with Gasteiger partial charge in [-0.25, -0.2) is 0 Å². The first-order valence-corrected chi connectivity index (χ1v) is 19.8. The van der Waals surface area contributed by atoms with Crippen molar-refractivity contribution >= 4 is 0 Å². The molecule has 3 unspecified atom stereocenters. The fourth-order valence-corrected chi connectivity index (χ4v) is 10.9. The highest BCUT2D eigenvalue weighted by Crippen LogP contribution is 2.76. The van der Waals surface area contributed by atoms with E-state index in [1.807, 2.05) is 0 Å². The van der Waals surface area contributed by atoms with Crippen molar-refractivity contribution in [1.29, 1.82) is 0 Å². The van der Waals surface area contributed by atoms with Crippen LogP contribution < -0.4 is 9.47 Å². The van der Waals surface area contributed by atoms with Gasteiger partial charge in [-0.15, -0.1) is 0 Å². The molecule has 286 valence electrons. The van der Waals surface area contributed by atoms with Crippen LogP contribution in [0.25, 0.3) is 0 Å². The number of rotatable bonds is 23. The molecule has 10 heteroatoms. The van der Waals surface area contributed by atoms with Crippen LogP contribution in [0, 0.1) is 17.3 Å². The first kappa shape index (κ1) is 36.7. The number of methoxy groups -OCH3 is 2. The maximum Gasteiger partial charge on any atom is 0.165 e. The second-order valence-electron chi connectivity index (χ2n) is 15.8. The van der Waals surface area contributed by atoms with Crippen molar-refractivity contribution in [3.8, 4) is 11.5 Å². The highest BCUT2D eigenvalue weighted by atomic mass is 16.6. The predicted molar refractivity (Wildman–Crippen MR) is 195 cm³/mol. The van der Waals surface area contributed by atoms with Gasteiger partial charge < -0.3 is 42.6 Å². The van der Waals surface area contributed by atoms with Gasteiger partial charge in [0.25, 0.3) is 0 Å². The van der Waals surface area contributed by atoms with Gasteiger partial charge in [-0.1, -0.05) is 36.4 Å². The van der Waals surface area contributed by atoms with E-state index < -0.39 is 5.60 Å². The summed E-state index contributed by atoms with van der Waals surface area (Å²) in [6.45, 7) is 8.99. The Bertz CT molecular complexity index is 1470. The van der Waals surface area contributed by atoms with Crippen LogP contribution in [0.4, 0.5) is 0 Å². The quantitative estimate of drug-likeness (QED) is 0.143. The Morgan fingerprint density at radius 3 is 2.17 bits per heavy atom. The summed E-state index contributed by atoms with van der Waals surface area (Å²) in [6.07, 6.45) is 8.09. The summed E-state index contributed by atoms with van der Waals surface area (Å²) in [7, 11) is 3.44. The van der Waals surface area contributed by atoms with Crippen LogP contribution in [0.2, 0.25) is 0 Å². The minimum Gasteiger partial charge on any atom is -0.493 e. The highest BCUT2D eigenvalue weighted by Gasteiger charge is 2.80. The lowest BCUT2D eigenvalue weighted by Crippen LogP contribution is -2.81. The second-order valence-corrected chi connectivity index (χ2v) is 15.8. The summed E-state index contributed by atoms with van der Waals surface area (Å²) in [6, 6.07) is 15.5. The Morgan fingerprint density at radius 2 is 1.48 bits per heavy atom. The molecule has 52 heavy (non-hydrogen) atoms. The Morgan fingerprint density at radius 1 is 0.769 bits per heavy atom. The van der Waals surface area contributed by atoms with E-state index in [2.05, 4.69) is 47.4 Å². The maximum absolute atomic E-state index is 7.32. The molecule has 0 aromatic heterocycles. The van der Waals surface area contributed by atoms with Gasteiger partial charge in [-0.2, -0.15) is 0 Å². The molecule has 6 atom stereocenters. The van der Waals surface area contributed by atoms with Gasteiger partial charge >= 0.3 is 0 Å². The van der Waals surface area contributed by atoms with Gasteiger partial charge in [0.1, 0.15) is 11.7 Å². The van der Waals surface area contributed by atoms with E-state index in [1.54, 1.807) is 14.2 Å². The van der Waals surface area contributed by atoms with Crippen LogP contribution in [0.15, 0.2) is 42.5 Å². The molecular weight excluding hydrogens is 662 g/mol. The summed E-state index contributed by atoms with van der Waals surface area (Å²) in [5, 5.41) is 0. The largest absolute Gasteiger partial charge is 0.493 e. The van der Waals surface area contributed by atoms with Gasteiger partial charge in [0, 0.05) is 42.0 Å². The molecule has 5 aliphatic carbocycles. The van der Waals surface area contributed by atoms with Gasteiger partial charge in [0.2, 0.25) is 0 Å². The number of ether oxygens (including phenoxy) is 9. The summed E-state index contributed by atoms with van der Waals surface area (Å²) in [5.41, 5.74) is 3.65. The average molecular weight is 722 g/mol. The van der Waals surface area contributed by atoms with E-state index in [0.29, 0.717) is 85.3 Å². The van der Waals surface area contributed by atoms with Crippen LogP contribution >= 0.6 is 0 Å². The molecule has 0 radical (unpaired) electrons. The summed E-state index contributed by atoms with van der Waals surface area (Å²) >= 11 is 0. The lowest BCUT2D eigenvalue weighted by molar-refractivity contribution is -0.292. The normalized spacial score (nSPS) is 31.1. The smallest absolute Gasteiger partial charge is 0.165 e.